The fraction of sp³-hybridized carbons (Fsp3) is 0.533. The van der Waals surface area contributed by atoms with Crippen LogP contribution in [0.1, 0.15) is 31.2 Å². The molecule has 3 nitrogen and oxygen atoms in total. The summed E-state index contributed by atoms with van der Waals surface area (Å²) in [5.41, 5.74) is -0.549. The predicted octanol–water partition coefficient (Wildman–Crippen LogP) is 3.85. The molecule has 0 saturated heterocycles. The van der Waals surface area contributed by atoms with E-state index in [4.69, 9.17) is 4.74 Å². The second-order valence-corrected chi connectivity index (χ2v) is 5.26. The van der Waals surface area contributed by atoms with Crippen LogP contribution >= 0.6 is 0 Å². The highest BCUT2D eigenvalue weighted by atomic mass is 19.4. The Balaban J connectivity index is 2.00. The first kappa shape index (κ1) is 15.7. The molecule has 0 amide bonds. The summed E-state index contributed by atoms with van der Waals surface area (Å²) in [4.78, 5) is 11.4. The van der Waals surface area contributed by atoms with E-state index < -0.39 is 11.7 Å². The molecule has 0 aliphatic heterocycles. The molecule has 1 aliphatic carbocycles. The average Bonchev–Trinajstić information content (AvgIpc) is 2.47. The van der Waals surface area contributed by atoms with Gasteiger partial charge in [-0.05, 0) is 37.8 Å². The van der Waals surface area contributed by atoms with Gasteiger partial charge in [0.2, 0.25) is 0 Å². The van der Waals surface area contributed by atoms with Crippen LogP contribution in [-0.4, -0.2) is 19.1 Å². The van der Waals surface area contributed by atoms with Crippen LogP contribution in [0.25, 0.3) is 0 Å². The number of halogens is 3. The van der Waals surface area contributed by atoms with Gasteiger partial charge >= 0.3 is 12.1 Å². The van der Waals surface area contributed by atoms with Gasteiger partial charge in [-0.25, -0.2) is 0 Å². The number of methoxy groups -OCH3 is 1. The Kier molecular flexibility index (Phi) is 4.75. The Hall–Kier alpha value is -1.72. The SMILES string of the molecule is COC(=O)C1CCC(Nc2ccccc2C(F)(F)F)CC1. The molecule has 0 atom stereocenters. The molecule has 1 aliphatic rings. The zero-order chi connectivity index (χ0) is 15.5. The number of hydrogen-bond donors (Lipinski definition) is 1. The third-order valence-corrected chi connectivity index (χ3v) is 3.85. The van der Waals surface area contributed by atoms with Crippen molar-refractivity contribution in [1.82, 2.24) is 0 Å². The first-order valence-corrected chi connectivity index (χ1v) is 6.92. The van der Waals surface area contributed by atoms with Crippen LogP contribution in [0, 0.1) is 5.92 Å². The maximum Gasteiger partial charge on any atom is 0.418 e. The maximum atomic E-state index is 12.9. The summed E-state index contributed by atoms with van der Waals surface area (Å²) in [5, 5.41) is 2.96. The largest absolute Gasteiger partial charge is 0.469 e. The summed E-state index contributed by atoms with van der Waals surface area (Å²) in [6, 6.07) is 5.42. The Morgan fingerprint density at radius 3 is 2.38 bits per heavy atom. The van der Waals surface area contributed by atoms with Gasteiger partial charge in [0.05, 0.1) is 18.6 Å². The van der Waals surface area contributed by atoms with Gasteiger partial charge in [-0.2, -0.15) is 13.2 Å². The Labute approximate surface area is 121 Å². The van der Waals surface area contributed by atoms with E-state index in [0.29, 0.717) is 25.7 Å². The molecule has 2 rings (SSSR count). The van der Waals surface area contributed by atoms with E-state index in [1.54, 1.807) is 6.07 Å². The summed E-state index contributed by atoms with van der Waals surface area (Å²) in [6.07, 6.45) is -1.78. The topological polar surface area (TPSA) is 38.3 Å². The van der Waals surface area contributed by atoms with E-state index >= 15 is 0 Å². The van der Waals surface area contributed by atoms with Crippen molar-refractivity contribution in [2.75, 3.05) is 12.4 Å². The lowest BCUT2D eigenvalue weighted by Crippen LogP contribution is -2.30. The van der Waals surface area contributed by atoms with E-state index in [1.807, 2.05) is 0 Å². The van der Waals surface area contributed by atoms with Gasteiger partial charge < -0.3 is 10.1 Å². The number of alkyl halides is 3. The number of carbonyl (C=O) groups is 1. The van der Waals surface area contributed by atoms with Gasteiger partial charge in [-0.15, -0.1) is 0 Å². The lowest BCUT2D eigenvalue weighted by Gasteiger charge is -2.29. The summed E-state index contributed by atoms with van der Waals surface area (Å²) in [6.45, 7) is 0. The lowest BCUT2D eigenvalue weighted by atomic mass is 9.86. The second-order valence-electron chi connectivity index (χ2n) is 5.26. The van der Waals surface area contributed by atoms with Gasteiger partial charge in [0.1, 0.15) is 0 Å². The summed E-state index contributed by atoms with van der Waals surface area (Å²) in [7, 11) is 1.35. The third-order valence-electron chi connectivity index (χ3n) is 3.85. The van der Waals surface area contributed by atoms with Crippen molar-refractivity contribution in [1.29, 1.82) is 0 Å². The van der Waals surface area contributed by atoms with E-state index in [0.717, 1.165) is 6.07 Å². The van der Waals surface area contributed by atoms with Gasteiger partial charge in [-0.1, -0.05) is 12.1 Å². The van der Waals surface area contributed by atoms with Gasteiger partial charge in [-0.3, -0.25) is 4.79 Å². The van der Waals surface area contributed by atoms with Crippen molar-refractivity contribution >= 4 is 11.7 Å². The minimum absolute atomic E-state index is 0.0468. The number of para-hydroxylation sites is 1. The van der Waals surface area contributed by atoms with Gasteiger partial charge in [0.15, 0.2) is 0 Å². The van der Waals surface area contributed by atoms with Crippen LogP contribution in [0.4, 0.5) is 18.9 Å². The number of nitrogens with one attached hydrogen (secondary N) is 1. The molecule has 0 bridgehead atoms. The maximum absolute atomic E-state index is 12.9. The van der Waals surface area contributed by atoms with Crippen molar-refractivity contribution in [2.24, 2.45) is 5.92 Å². The minimum atomic E-state index is -4.37. The van der Waals surface area contributed by atoms with Gasteiger partial charge in [0, 0.05) is 11.7 Å². The van der Waals surface area contributed by atoms with Gasteiger partial charge in [0.25, 0.3) is 0 Å². The van der Waals surface area contributed by atoms with Crippen LogP contribution in [-0.2, 0) is 15.7 Å². The number of anilines is 1. The molecule has 1 saturated carbocycles. The van der Waals surface area contributed by atoms with Crippen molar-refractivity contribution in [3.05, 3.63) is 29.8 Å². The number of hydrogen-bond acceptors (Lipinski definition) is 3. The molecule has 6 heteroatoms. The monoisotopic (exact) mass is 301 g/mol. The second kappa shape index (κ2) is 6.37. The highest BCUT2D eigenvalue weighted by Gasteiger charge is 2.34. The molecule has 0 spiro atoms. The van der Waals surface area contributed by atoms with Crippen LogP contribution in [0.3, 0.4) is 0 Å². The molecule has 116 valence electrons. The molecule has 21 heavy (non-hydrogen) atoms. The Morgan fingerprint density at radius 1 is 1.19 bits per heavy atom. The molecule has 0 aromatic heterocycles. The van der Waals surface area contributed by atoms with Crippen LogP contribution in [0.2, 0.25) is 0 Å². The fourth-order valence-corrected chi connectivity index (χ4v) is 2.72. The highest BCUT2D eigenvalue weighted by Crippen LogP contribution is 2.36. The first-order chi connectivity index (χ1) is 9.91. The molecule has 0 radical (unpaired) electrons. The molecular weight excluding hydrogens is 283 g/mol. The molecule has 1 fully saturated rings. The third kappa shape index (κ3) is 3.89. The van der Waals surface area contributed by atoms with E-state index in [-0.39, 0.29) is 23.6 Å². The summed E-state index contributed by atoms with van der Waals surface area (Å²) < 4.78 is 43.4. The normalized spacial score (nSPS) is 22.7. The van der Waals surface area contributed by atoms with E-state index in [1.165, 1.54) is 19.2 Å². The summed E-state index contributed by atoms with van der Waals surface area (Å²) in [5.74, 6) is -0.366. The molecular formula is C15H18F3NO2. The van der Waals surface area contributed by atoms with Crippen molar-refractivity contribution < 1.29 is 22.7 Å². The van der Waals surface area contributed by atoms with E-state index in [9.17, 15) is 18.0 Å². The smallest absolute Gasteiger partial charge is 0.418 e. The lowest BCUT2D eigenvalue weighted by molar-refractivity contribution is -0.146. The molecule has 0 heterocycles. The van der Waals surface area contributed by atoms with Crippen molar-refractivity contribution in [2.45, 2.75) is 37.9 Å². The van der Waals surface area contributed by atoms with E-state index in [2.05, 4.69) is 5.32 Å². The number of esters is 1. The quantitative estimate of drug-likeness (QED) is 0.862. The molecule has 1 aromatic carbocycles. The zero-order valence-electron chi connectivity index (χ0n) is 11.7. The van der Waals surface area contributed by atoms with Crippen LogP contribution in [0.15, 0.2) is 24.3 Å². The summed E-state index contributed by atoms with van der Waals surface area (Å²) >= 11 is 0. The molecule has 0 unspecified atom stereocenters. The van der Waals surface area contributed by atoms with Crippen molar-refractivity contribution in [3.8, 4) is 0 Å². The highest BCUT2D eigenvalue weighted by molar-refractivity contribution is 5.72. The number of benzene rings is 1. The molecule has 1 aromatic rings. The average molecular weight is 301 g/mol. The number of rotatable bonds is 3. The van der Waals surface area contributed by atoms with Crippen molar-refractivity contribution in [3.63, 3.8) is 0 Å². The number of carbonyl (C=O) groups excluding carboxylic acids is 1. The minimum Gasteiger partial charge on any atom is -0.469 e. The fourth-order valence-electron chi connectivity index (χ4n) is 2.72. The zero-order valence-corrected chi connectivity index (χ0v) is 11.7. The number of ether oxygens (including phenoxy) is 1. The molecule has 1 N–H and O–H groups in total. The predicted molar refractivity (Wildman–Crippen MR) is 72.8 cm³/mol. The Morgan fingerprint density at radius 2 is 1.81 bits per heavy atom. The Bertz CT molecular complexity index is 494. The first-order valence-electron chi connectivity index (χ1n) is 6.92. The van der Waals surface area contributed by atoms with Crippen LogP contribution in [0.5, 0.6) is 0 Å². The van der Waals surface area contributed by atoms with Crippen LogP contribution < -0.4 is 5.32 Å². The standard InChI is InChI=1S/C15H18F3NO2/c1-21-14(20)10-6-8-11(9-7-10)19-13-5-3-2-4-12(13)15(16,17)18/h2-5,10-11,19H,6-9H2,1H3.